The second kappa shape index (κ2) is 5.31. The topological polar surface area (TPSA) is 20.8 Å². The Labute approximate surface area is 92.1 Å². The third kappa shape index (κ3) is 3.06. The number of unbranched alkanes of at least 4 members (excludes halogenated alkanes) is 1. The predicted molar refractivity (Wildman–Crippen MR) is 60.6 cm³/mol. The van der Waals surface area contributed by atoms with Crippen molar-refractivity contribution in [2.75, 3.05) is 6.54 Å². The van der Waals surface area contributed by atoms with E-state index >= 15 is 0 Å². The van der Waals surface area contributed by atoms with E-state index in [9.17, 15) is 0 Å². The molecule has 1 aliphatic rings. The number of imidazole rings is 1. The van der Waals surface area contributed by atoms with Crippen LogP contribution in [0.5, 0.6) is 0 Å². The van der Waals surface area contributed by atoms with Gasteiger partial charge in [-0.25, -0.2) is 9.13 Å². The highest BCUT2D eigenvalue weighted by atomic mass is 15.1. The lowest BCUT2D eigenvalue weighted by Gasteiger charge is -2.05. The van der Waals surface area contributed by atoms with Crippen LogP contribution < -0.4 is 9.88 Å². The number of aryl methyl sites for hydroxylation is 1. The van der Waals surface area contributed by atoms with E-state index in [4.69, 9.17) is 0 Å². The Morgan fingerprint density at radius 2 is 2.47 bits per heavy atom. The molecule has 3 nitrogen and oxygen atoms in total. The highest BCUT2D eigenvalue weighted by Gasteiger charge is 2.16. The van der Waals surface area contributed by atoms with E-state index in [-0.39, 0.29) is 0 Å². The van der Waals surface area contributed by atoms with E-state index in [1.165, 1.54) is 32.2 Å². The number of aromatic nitrogens is 2. The van der Waals surface area contributed by atoms with Gasteiger partial charge in [0.15, 0.2) is 0 Å². The van der Waals surface area contributed by atoms with Crippen molar-refractivity contribution in [2.45, 2.75) is 51.7 Å². The lowest BCUT2D eigenvalue weighted by Crippen LogP contribution is -2.32. The molecule has 2 heterocycles. The zero-order valence-electron chi connectivity index (χ0n) is 9.65. The Morgan fingerprint density at radius 3 is 3.20 bits per heavy atom. The second-order valence-corrected chi connectivity index (χ2v) is 4.50. The van der Waals surface area contributed by atoms with Crippen molar-refractivity contribution in [1.82, 2.24) is 9.88 Å². The smallest absolute Gasteiger partial charge is 0.243 e. The normalized spacial score (nSPS) is 21.0. The molecule has 1 aromatic heterocycles. The molecule has 84 valence electrons. The van der Waals surface area contributed by atoms with E-state index < -0.39 is 0 Å². The van der Waals surface area contributed by atoms with E-state index in [1.807, 2.05) is 0 Å². The molecule has 15 heavy (non-hydrogen) atoms. The van der Waals surface area contributed by atoms with Crippen molar-refractivity contribution in [3.05, 3.63) is 18.7 Å². The third-order valence-corrected chi connectivity index (χ3v) is 3.11. The van der Waals surface area contributed by atoms with Gasteiger partial charge < -0.3 is 5.32 Å². The van der Waals surface area contributed by atoms with Crippen molar-refractivity contribution in [3.8, 4) is 0 Å². The van der Waals surface area contributed by atoms with Crippen molar-refractivity contribution in [2.24, 2.45) is 0 Å². The highest BCUT2D eigenvalue weighted by molar-refractivity contribution is 4.77. The van der Waals surface area contributed by atoms with Crippen LogP contribution in [0, 0.1) is 0 Å². The summed E-state index contributed by atoms with van der Waals surface area (Å²) < 4.78 is 4.59. The quantitative estimate of drug-likeness (QED) is 0.724. The summed E-state index contributed by atoms with van der Waals surface area (Å²) in [5, 5.41) is 3.53. The van der Waals surface area contributed by atoms with E-state index in [0.717, 1.165) is 13.1 Å². The maximum Gasteiger partial charge on any atom is 0.243 e. The van der Waals surface area contributed by atoms with Gasteiger partial charge >= 0.3 is 0 Å². The summed E-state index contributed by atoms with van der Waals surface area (Å²) in [7, 11) is 0. The van der Waals surface area contributed by atoms with Crippen LogP contribution in [-0.2, 0) is 13.1 Å². The largest absolute Gasteiger partial charge is 0.310 e. The Bertz CT molecular complexity index is 287. The minimum absolute atomic E-state index is 0.692. The van der Waals surface area contributed by atoms with Crippen LogP contribution >= 0.6 is 0 Å². The van der Waals surface area contributed by atoms with Crippen molar-refractivity contribution in [3.63, 3.8) is 0 Å². The fourth-order valence-corrected chi connectivity index (χ4v) is 2.19. The summed E-state index contributed by atoms with van der Waals surface area (Å²) in [6, 6.07) is 0.692. The molecule has 0 radical (unpaired) electrons. The molecule has 0 spiro atoms. The number of nitrogens with zero attached hydrogens (tertiary/aromatic N) is 2. The molecule has 1 N–H and O–H groups in total. The fourth-order valence-electron chi connectivity index (χ4n) is 2.19. The van der Waals surface area contributed by atoms with Gasteiger partial charge in [0.25, 0.3) is 0 Å². The lowest BCUT2D eigenvalue weighted by atomic mass is 10.2. The highest BCUT2D eigenvalue weighted by Crippen LogP contribution is 2.06. The lowest BCUT2D eigenvalue weighted by molar-refractivity contribution is -0.696. The molecule has 0 unspecified atom stereocenters. The molecule has 0 amide bonds. The Kier molecular flexibility index (Phi) is 3.78. The van der Waals surface area contributed by atoms with Crippen LogP contribution in [0.3, 0.4) is 0 Å². The van der Waals surface area contributed by atoms with Gasteiger partial charge in [0.1, 0.15) is 18.9 Å². The summed E-state index contributed by atoms with van der Waals surface area (Å²) in [5.41, 5.74) is 0. The van der Waals surface area contributed by atoms with Gasteiger partial charge in [0, 0.05) is 6.04 Å². The SMILES string of the molecule is CCCC[n+]1ccn(C[C@@H]2CCCN2)c1. The van der Waals surface area contributed by atoms with Crippen LogP contribution in [-0.4, -0.2) is 17.2 Å². The molecule has 0 bridgehead atoms. The molecule has 3 heteroatoms. The first kappa shape index (κ1) is 10.7. The predicted octanol–water partition coefficient (Wildman–Crippen LogP) is 1.33. The first-order chi connectivity index (χ1) is 7.38. The van der Waals surface area contributed by atoms with Gasteiger partial charge in [-0.2, -0.15) is 0 Å². The minimum Gasteiger partial charge on any atom is -0.310 e. The van der Waals surface area contributed by atoms with Crippen molar-refractivity contribution < 1.29 is 4.57 Å². The number of rotatable bonds is 5. The summed E-state index contributed by atoms with van der Waals surface area (Å²) in [4.78, 5) is 0. The number of nitrogens with one attached hydrogen (secondary N) is 1. The van der Waals surface area contributed by atoms with E-state index in [0.29, 0.717) is 6.04 Å². The summed E-state index contributed by atoms with van der Waals surface area (Å²) in [6.45, 7) is 5.71. The van der Waals surface area contributed by atoms with Crippen LogP contribution in [0.15, 0.2) is 18.7 Å². The van der Waals surface area contributed by atoms with Gasteiger partial charge in [0.2, 0.25) is 6.33 Å². The molecule has 1 aromatic rings. The van der Waals surface area contributed by atoms with Crippen LogP contribution in [0.2, 0.25) is 0 Å². The van der Waals surface area contributed by atoms with Crippen molar-refractivity contribution in [1.29, 1.82) is 0 Å². The van der Waals surface area contributed by atoms with Gasteiger partial charge in [-0.15, -0.1) is 0 Å². The molecule has 1 fully saturated rings. The van der Waals surface area contributed by atoms with Crippen LogP contribution in [0.4, 0.5) is 0 Å². The maximum atomic E-state index is 3.53. The summed E-state index contributed by atoms with van der Waals surface area (Å²) in [6.07, 6.45) is 11.8. The maximum absolute atomic E-state index is 3.53. The van der Waals surface area contributed by atoms with Gasteiger partial charge in [-0.3, -0.25) is 0 Å². The summed E-state index contributed by atoms with van der Waals surface area (Å²) in [5.74, 6) is 0. The Balaban J connectivity index is 1.83. The molecular weight excluding hydrogens is 186 g/mol. The number of hydrogen-bond acceptors (Lipinski definition) is 1. The minimum atomic E-state index is 0.692. The third-order valence-electron chi connectivity index (χ3n) is 3.11. The molecule has 1 atom stereocenters. The van der Waals surface area contributed by atoms with Gasteiger partial charge in [-0.1, -0.05) is 13.3 Å². The zero-order valence-corrected chi connectivity index (χ0v) is 9.65. The monoisotopic (exact) mass is 208 g/mol. The standard InChI is InChI=1S/C12H22N3/c1-2-3-7-14-8-9-15(11-14)10-12-5-4-6-13-12/h8-9,11-13H,2-7,10H2,1H3/q+1/t12-/m0/s1. The Hall–Kier alpha value is -0.830. The average Bonchev–Trinajstić information content (AvgIpc) is 2.87. The van der Waals surface area contributed by atoms with E-state index in [1.54, 1.807) is 0 Å². The average molecular weight is 208 g/mol. The van der Waals surface area contributed by atoms with Gasteiger partial charge in [-0.05, 0) is 25.8 Å². The van der Waals surface area contributed by atoms with Crippen LogP contribution in [0.1, 0.15) is 32.6 Å². The van der Waals surface area contributed by atoms with Crippen molar-refractivity contribution >= 4 is 0 Å². The molecule has 0 saturated carbocycles. The van der Waals surface area contributed by atoms with E-state index in [2.05, 4.69) is 40.1 Å². The van der Waals surface area contributed by atoms with Crippen LogP contribution in [0.25, 0.3) is 0 Å². The second-order valence-electron chi connectivity index (χ2n) is 4.50. The fraction of sp³-hybridized carbons (Fsp3) is 0.750. The first-order valence-corrected chi connectivity index (χ1v) is 6.16. The molecule has 1 saturated heterocycles. The molecule has 2 rings (SSSR count). The molecule has 0 aromatic carbocycles. The summed E-state index contributed by atoms with van der Waals surface area (Å²) >= 11 is 0. The molecule has 0 aliphatic carbocycles. The molecular formula is C12H22N3+. The van der Waals surface area contributed by atoms with Gasteiger partial charge in [0.05, 0.1) is 6.54 Å². The Morgan fingerprint density at radius 1 is 1.53 bits per heavy atom. The molecule has 1 aliphatic heterocycles. The zero-order chi connectivity index (χ0) is 10.5. The number of hydrogen-bond donors (Lipinski definition) is 1. The first-order valence-electron chi connectivity index (χ1n) is 6.16.